The lowest BCUT2D eigenvalue weighted by atomic mass is 10.1. The summed E-state index contributed by atoms with van der Waals surface area (Å²) in [6, 6.07) is 0. The molecule has 1 aliphatic heterocycles. The molecule has 7 nitrogen and oxygen atoms in total. The summed E-state index contributed by atoms with van der Waals surface area (Å²) in [4.78, 5) is 19.4. The summed E-state index contributed by atoms with van der Waals surface area (Å²) in [5.74, 6) is 0.0691. The minimum Gasteiger partial charge on any atom is -0.443 e. The lowest BCUT2D eigenvalue weighted by molar-refractivity contribution is -0.138. The van der Waals surface area contributed by atoms with E-state index in [-0.39, 0.29) is 18.9 Å². The Morgan fingerprint density at radius 3 is 2.52 bits per heavy atom. The SMILES string of the molecule is NC(=O)O[C@@H]1CCN(c2ncc(C(F)(F)F)cn2)C[C@@H]1O. The average Bonchev–Trinajstić information content (AvgIpc) is 2.40. The molecule has 0 saturated carbocycles. The molecular weight excluding hydrogens is 293 g/mol. The van der Waals surface area contributed by atoms with Crippen molar-refractivity contribution >= 4 is 12.0 Å². The van der Waals surface area contributed by atoms with Gasteiger partial charge in [-0.3, -0.25) is 0 Å². The first-order valence-electron chi connectivity index (χ1n) is 6.05. The minimum absolute atomic E-state index is 0.0311. The van der Waals surface area contributed by atoms with Crippen LogP contribution in [-0.4, -0.2) is 46.5 Å². The van der Waals surface area contributed by atoms with Crippen molar-refractivity contribution in [1.29, 1.82) is 0 Å². The smallest absolute Gasteiger partial charge is 0.419 e. The number of hydrogen-bond donors (Lipinski definition) is 2. The van der Waals surface area contributed by atoms with Crippen molar-refractivity contribution in [2.24, 2.45) is 5.73 Å². The van der Waals surface area contributed by atoms with Crippen LogP contribution in [0.1, 0.15) is 12.0 Å². The number of aromatic nitrogens is 2. The number of halogens is 3. The number of piperidine rings is 1. The predicted molar refractivity (Wildman–Crippen MR) is 64.3 cm³/mol. The van der Waals surface area contributed by atoms with Gasteiger partial charge >= 0.3 is 12.3 Å². The standard InChI is InChI=1S/C11H13F3N4O3/c12-11(13,14)6-3-16-10(17-4-6)18-2-1-8(7(19)5-18)21-9(15)20/h3-4,7-8,19H,1-2,5H2,(H2,15,20)/t7-,8+/m0/s1. The van der Waals surface area contributed by atoms with E-state index >= 15 is 0 Å². The normalized spacial score (nSPS) is 23.0. The van der Waals surface area contributed by atoms with E-state index in [0.717, 1.165) is 0 Å². The highest BCUT2D eigenvalue weighted by atomic mass is 19.4. The number of nitrogens with zero attached hydrogens (tertiary/aromatic N) is 3. The lowest BCUT2D eigenvalue weighted by Gasteiger charge is -2.35. The molecule has 0 spiro atoms. The van der Waals surface area contributed by atoms with Crippen LogP contribution >= 0.6 is 0 Å². The number of nitrogens with two attached hydrogens (primary N) is 1. The summed E-state index contributed by atoms with van der Waals surface area (Å²) in [5.41, 5.74) is 3.93. The summed E-state index contributed by atoms with van der Waals surface area (Å²) in [6.07, 6.45) is -5.61. The van der Waals surface area contributed by atoms with Gasteiger partial charge in [0.1, 0.15) is 12.2 Å². The molecule has 1 aromatic rings. The van der Waals surface area contributed by atoms with Crippen LogP contribution in [0.3, 0.4) is 0 Å². The van der Waals surface area contributed by atoms with E-state index in [2.05, 4.69) is 9.97 Å². The fraction of sp³-hybridized carbons (Fsp3) is 0.545. The van der Waals surface area contributed by atoms with Crippen molar-refractivity contribution in [2.45, 2.75) is 24.8 Å². The highest BCUT2D eigenvalue weighted by molar-refractivity contribution is 5.64. The molecule has 0 aromatic carbocycles. The fourth-order valence-corrected chi connectivity index (χ4v) is 2.01. The zero-order chi connectivity index (χ0) is 15.6. The van der Waals surface area contributed by atoms with Gasteiger partial charge in [0.25, 0.3) is 0 Å². The van der Waals surface area contributed by atoms with E-state index in [0.29, 0.717) is 18.9 Å². The van der Waals surface area contributed by atoms with Gasteiger partial charge < -0.3 is 20.5 Å². The maximum absolute atomic E-state index is 12.4. The number of rotatable bonds is 2. The zero-order valence-corrected chi connectivity index (χ0v) is 10.7. The lowest BCUT2D eigenvalue weighted by Crippen LogP contribution is -2.49. The molecule has 1 amide bonds. The van der Waals surface area contributed by atoms with Crippen molar-refractivity contribution in [1.82, 2.24) is 9.97 Å². The fourth-order valence-electron chi connectivity index (χ4n) is 2.01. The minimum atomic E-state index is -4.50. The van der Waals surface area contributed by atoms with Gasteiger partial charge in [-0.2, -0.15) is 13.2 Å². The number of ether oxygens (including phenoxy) is 1. The van der Waals surface area contributed by atoms with E-state index in [1.165, 1.54) is 4.90 Å². The second-order valence-corrected chi connectivity index (χ2v) is 4.55. The van der Waals surface area contributed by atoms with Gasteiger partial charge in [-0.25, -0.2) is 14.8 Å². The molecule has 116 valence electrons. The Balaban J connectivity index is 2.02. The van der Waals surface area contributed by atoms with Gasteiger partial charge in [-0.15, -0.1) is 0 Å². The van der Waals surface area contributed by atoms with E-state index in [4.69, 9.17) is 10.5 Å². The zero-order valence-electron chi connectivity index (χ0n) is 10.7. The Morgan fingerprint density at radius 1 is 1.43 bits per heavy atom. The first-order chi connectivity index (χ1) is 9.77. The average molecular weight is 306 g/mol. The highest BCUT2D eigenvalue weighted by Gasteiger charge is 2.33. The molecule has 0 radical (unpaired) electrons. The van der Waals surface area contributed by atoms with Crippen LogP contribution < -0.4 is 10.6 Å². The molecule has 1 aromatic heterocycles. The largest absolute Gasteiger partial charge is 0.443 e. The van der Waals surface area contributed by atoms with Crippen LogP contribution in [0.4, 0.5) is 23.9 Å². The number of carbonyl (C=O) groups excluding carboxylic acids is 1. The van der Waals surface area contributed by atoms with Gasteiger partial charge in [-0.1, -0.05) is 0 Å². The third-order valence-corrected chi connectivity index (χ3v) is 3.04. The van der Waals surface area contributed by atoms with Crippen LogP contribution in [0.15, 0.2) is 12.4 Å². The Morgan fingerprint density at radius 2 is 2.05 bits per heavy atom. The molecule has 2 rings (SSSR count). The molecule has 0 bridgehead atoms. The van der Waals surface area contributed by atoms with Crippen LogP contribution in [0.25, 0.3) is 0 Å². The molecule has 0 unspecified atom stereocenters. The molecule has 0 aliphatic carbocycles. The third kappa shape index (κ3) is 3.72. The number of anilines is 1. The first kappa shape index (κ1) is 15.3. The third-order valence-electron chi connectivity index (χ3n) is 3.04. The summed E-state index contributed by atoms with van der Waals surface area (Å²) in [5, 5.41) is 9.82. The molecular formula is C11H13F3N4O3. The summed E-state index contributed by atoms with van der Waals surface area (Å²) < 4.78 is 41.9. The topological polar surface area (TPSA) is 102 Å². The Hall–Kier alpha value is -2.10. The molecule has 2 heterocycles. The van der Waals surface area contributed by atoms with Gasteiger partial charge in [0.2, 0.25) is 5.95 Å². The number of alkyl halides is 3. The van der Waals surface area contributed by atoms with Crippen LogP contribution in [0.2, 0.25) is 0 Å². The quantitative estimate of drug-likeness (QED) is 0.826. The molecule has 10 heteroatoms. The summed E-state index contributed by atoms with van der Waals surface area (Å²) in [7, 11) is 0. The van der Waals surface area contributed by atoms with Crippen molar-refractivity contribution < 1.29 is 27.8 Å². The Kier molecular flexibility index (Phi) is 4.16. The van der Waals surface area contributed by atoms with E-state index in [1.54, 1.807) is 0 Å². The van der Waals surface area contributed by atoms with E-state index < -0.39 is 30.0 Å². The van der Waals surface area contributed by atoms with Crippen molar-refractivity contribution in [2.75, 3.05) is 18.0 Å². The number of primary amides is 1. The first-order valence-corrected chi connectivity index (χ1v) is 6.05. The second kappa shape index (κ2) is 5.72. The maximum Gasteiger partial charge on any atom is 0.419 e. The maximum atomic E-state index is 12.4. The number of hydrogen-bond acceptors (Lipinski definition) is 6. The summed E-state index contributed by atoms with van der Waals surface area (Å²) in [6.45, 7) is 0.351. The van der Waals surface area contributed by atoms with Crippen molar-refractivity contribution in [3.05, 3.63) is 18.0 Å². The number of amides is 1. The molecule has 21 heavy (non-hydrogen) atoms. The number of aliphatic hydroxyl groups is 1. The predicted octanol–water partition coefficient (Wildman–Crippen LogP) is 0.530. The van der Waals surface area contributed by atoms with Crippen LogP contribution in [-0.2, 0) is 10.9 Å². The molecule has 1 aliphatic rings. The van der Waals surface area contributed by atoms with Crippen LogP contribution in [0.5, 0.6) is 0 Å². The van der Waals surface area contributed by atoms with Gasteiger partial charge in [0, 0.05) is 25.4 Å². The molecule has 2 atom stereocenters. The van der Waals surface area contributed by atoms with Crippen molar-refractivity contribution in [3.63, 3.8) is 0 Å². The second-order valence-electron chi connectivity index (χ2n) is 4.55. The number of β-amino-alcohol motifs (C(OH)–C–C–N with tert-alkyl or cyclic N) is 1. The van der Waals surface area contributed by atoms with Crippen LogP contribution in [0, 0.1) is 0 Å². The monoisotopic (exact) mass is 306 g/mol. The van der Waals surface area contributed by atoms with E-state index in [1.807, 2.05) is 0 Å². The highest BCUT2D eigenvalue weighted by Crippen LogP contribution is 2.28. The van der Waals surface area contributed by atoms with E-state index in [9.17, 15) is 23.1 Å². The van der Waals surface area contributed by atoms with Crippen molar-refractivity contribution in [3.8, 4) is 0 Å². The molecule has 1 fully saturated rings. The van der Waals surface area contributed by atoms with Gasteiger partial charge in [-0.05, 0) is 0 Å². The number of aliphatic hydroxyl groups excluding tert-OH is 1. The number of carbonyl (C=O) groups is 1. The summed E-state index contributed by atoms with van der Waals surface area (Å²) >= 11 is 0. The van der Waals surface area contributed by atoms with Gasteiger partial charge in [0.15, 0.2) is 0 Å². The molecule has 1 saturated heterocycles. The Bertz CT molecular complexity index is 508. The Labute approximate surface area is 117 Å². The van der Waals surface area contributed by atoms with Gasteiger partial charge in [0.05, 0.1) is 12.1 Å². The molecule has 3 N–H and O–H groups in total.